The molecule has 1 aromatic heterocycles. The maximum absolute atomic E-state index is 10.9. The Balaban J connectivity index is 2.23. The fourth-order valence-corrected chi connectivity index (χ4v) is 1.86. The molecular weight excluding hydrogens is 274 g/mol. The van der Waals surface area contributed by atoms with E-state index in [-0.39, 0.29) is 5.69 Å². The largest absolute Gasteiger partial charge is 0.394 e. The molecule has 0 amide bonds. The summed E-state index contributed by atoms with van der Waals surface area (Å²) in [7, 11) is 0. The Morgan fingerprint density at radius 2 is 2.20 bits per heavy atom. The minimum Gasteiger partial charge on any atom is -0.394 e. The van der Waals surface area contributed by atoms with E-state index in [4.69, 9.17) is 15.6 Å². The van der Waals surface area contributed by atoms with Crippen LogP contribution < -0.4 is 11.1 Å². The molecule has 0 spiro atoms. The van der Waals surface area contributed by atoms with Crippen LogP contribution in [0.15, 0.2) is 6.20 Å². The van der Waals surface area contributed by atoms with E-state index < -0.39 is 47.6 Å². The Hall–Kier alpha value is -2.08. The monoisotopic (exact) mass is 287 g/mol. The van der Waals surface area contributed by atoms with Gasteiger partial charge in [0.2, 0.25) is 5.82 Å². The molecule has 1 fully saturated rings. The van der Waals surface area contributed by atoms with E-state index in [1.165, 1.54) is 0 Å². The van der Waals surface area contributed by atoms with Crippen LogP contribution in [0.1, 0.15) is 0 Å². The molecule has 1 aliphatic heterocycles. The Bertz CT molecular complexity index is 514. The molecule has 0 aromatic carbocycles. The van der Waals surface area contributed by atoms with Crippen LogP contribution in [-0.4, -0.2) is 61.6 Å². The molecule has 4 atom stereocenters. The molecule has 0 bridgehead atoms. The van der Waals surface area contributed by atoms with Gasteiger partial charge in [-0.3, -0.25) is 10.1 Å². The third-order valence-electron chi connectivity index (χ3n) is 2.87. The minimum atomic E-state index is -1.37. The summed E-state index contributed by atoms with van der Waals surface area (Å²) in [4.78, 5) is 10.2. The molecule has 1 saturated heterocycles. The molecular formula is C9H13N5O6. The number of nitrogens with zero attached hydrogens (tertiary/aromatic N) is 3. The maximum atomic E-state index is 10.9. The number of hydrogen-bond donors (Lipinski definition) is 5. The SMILES string of the molecule is Nc1nncc(NC2OC(CO)C(O)C2O)c1[N+](=O)[O-]. The van der Waals surface area contributed by atoms with Crippen molar-refractivity contribution in [2.75, 3.05) is 17.7 Å². The zero-order valence-electron chi connectivity index (χ0n) is 10.1. The van der Waals surface area contributed by atoms with Gasteiger partial charge in [0.05, 0.1) is 17.7 Å². The second-order valence-corrected chi connectivity index (χ2v) is 4.15. The van der Waals surface area contributed by atoms with Crippen molar-refractivity contribution in [1.29, 1.82) is 0 Å². The molecule has 4 unspecified atom stereocenters. The molecule has 6 N–H and O–H groups in total. The van der Waals surface area contributed by atoms with Crippen molar-refractivity contribution in [1.82, 2.24) is 10.2 Å². The number of anilines is 2. The number of aliphatic hydroxyl groups excluding tert-OH is 3. The summed E-state index contributed by atoms with van der Waals surface area (Å²) in [5, 5.41) is 48.5. The number of nitro groups is 1. The first kappa shape index (κ1) is 14.3. The number of aromatic nitrogens is 2. The Morgan fingerprint density at radius 3 is 2.75 bits per heavy atom. The molecule has 0 saturated carbocycles. The first-order valence-electron chi connectivity index (χ1n) is 5.60. The number of nitrogens with one attached hydrogen (secondary N) is 1. The third-order valence-corrected chi connectivity index (χ3v) is 2.87. The van der Waals surface area contributed by atoms with Crippen molar-refractivity contribution in [3.63, 3.8) is 0 Å². The van der Waals surface area contributed by atoms with E-state index >= 15 is 0 Å². The summed E-state index contributed by atoms with van der Waals surface area (Å²) in [5.41, 5.74) is 4.73. The van der Waals surface area contributed by atoms with Crippen molar-refractivity contribution in [2.45, 2.75) is 24.5 Å². The second-order valence-electron chi connectivity index (χ2n) is 4.15. The van der Waals surface area contributed by atoms with Crippen LogP contribution in [-0.2, 0) is 4.74 Å². The van der Waals surface area contributed by atoms with Gasteiger partial charge in [-0.25, -0.2) is 0 Å². The van der Waals surface area contributed by atoms with E-state index in [0.717, 1.165) is 6.20 Å². The van der Waals surface area contributed by atoms with Gasteiger partial charge in [0.1, 0.15) is 24.0 Å². The summed E-state index contributed by atoms with van der Waals surface area (Å²) >= 11 is 0. The third kappa shape index (κ3) is 2.46. The first-order valence-corrected chi connectivity index (χ1v) is 5.60. The molecule has 0 radical (unpaired) electrons. The van der Waals surface area contributed by atoms with Gasteiger partial charge in [0.25, 0.3) is 0 Å². The molecule has 2 rings (SSSR count). The predicted molar refractivity (Wildman–Crippen MR) is 64.5 cm³/mol. The highest BCUT2D eigenvalue weighted by atomic mass is 16.6. The van der Waals surface area contributed by atoms with Crippen LogP contribution in [0, 0.1) is 10.1 Å². The lowest BCUT2D eigenvalue weighted by Crippen LogP contribution is -2.36. The van der Waals surface area contributed by atoms with Crippen molar-refractivity contribution in [3.05, 3.63) is 16.3 Å². The summed E-state index contributed by atoms with van der Waals surface area (Å²) in [5.74, 6) is -0.397. The van der Waals surface area contributed by atoms with Crippen molar-refractivity contribution in [2.24, 2.45) is 0 Å². The molecule has 11 heteroatoms. The van der Waals surface area contributed by atoms with E-state index in [2.05, 4.69) is 15.5 Å². The van der Waals surface area contributed by atoms with Gasteiger partial charge < -0.3 is 31.1 Å². The quantitative estimate of drug-likeness (QED) is 0.302. The van der Waals surface area contributed by atoms with E-state index in [1.807, 2.05) is 0 Å². The van der Waals surface area contributed by atoms with Crippen LogP contribution in [0.4, 0.5) is 17.2 Å². The molecule has 0 aliphatic carbocycles. The number of hydrogen-bond acceptors (Lipinski definition) is 10. The predicted octanol–water partition coefficient (Wildman–Crippen LogP) is -2.18. The zero-order valence-corrected chi connectivity index (χ0v) is 10.1. The topological polar surface area (TPSA) is 177 Å². The number of ether oxygens (including phenoxy) is 1. The van der Waals surface area contributed by atoms with Gasteiger partial charge in [-0.05, 0) is 0 Å². The average molecular weight is 287 g/mol. The highest BCUT2D eigenvalue weighted by molar-refractivity contribution is 5.70. The lowest BCUT2D eigenvalue weighted by atomic mass is 10.1. The van der Waals surface area contributed by atoms with Crippen LogP contribution >= 0.6 is 0 Å². The van der Waals surface area contributed by atoms with Gasteiger partial charge in [0.15, 0.2) is 6.23 Å². The van der Waals surface area contributed by atoms with Crippen molar-refractivity contribution in [3.8, 4) is 0 Å². The lowest BCUT2D eigenvalue weighted by molar-refractivity contribution is -0.383. The van der Waals surface area contributed by atoms with Crippen LogP contribution in [0.25, 0.3) is 0 Å². The zero-order chi connectivity index (χ0) is 14.9. The number of nitrogens with two attached hydrogens (primary N) is 1. The average Bonchev–Trinajstić information content (AvgIpc) is 2.66. The second kappa shape index (κ2) is 5.50. The first-order chi connectivity index (χ1) is 9.45. The van der Waals surface area contributed by atoms with Crippen LogP contribution in [0.3, 0.4) is 0 Å². The molecule has 11 nitrogen and oxygen atoms in total. The van der Waals surface area contributed by atoms with Crippen LogP contribution in [0.2, 0.25) is 0 Å². The van der Waals surface area contributed by atoms with Gasteiger partial charge in [-0.1, -0.05) is 0 Å². The molecule has 110 valence electrons. The van der Waals surface area contributed by atoms with Gasteiger partial charge in [-0.15, -0.1) is 5.10 Å². The van der Waals surface area contributed by atoms with Gasteiger partial charge >= 0.3 is 5.69 Å². The summed E-state index contributed by atoms with van der Waals surface area (Å²) in [6.45, 7) is -0.505. The number of aliphatic hydroxyl groups is 3. The maximum Gasteiger partial charge on any atom is 0.337 e. The summed E-state index contributed by atoms with van der Waals surface area (Å²) in [6, 6.07) is 0. The fraction of sp³-hybridized carbons (Fsp3) is 0.556. The smallest absolute Gasteiger partial charge is 0.337 e. The number of nitrogen functional groups attached to an aromatic ring is 1. The van der Waals surface area contributed by atoms with Crippen molar-refractivity contribution >= 4 is 17.2 Å². The van der Waals surface area contributed by atoms with Gasteiger partial charge in [0, 0.05) is 0 Å². The number of rotatable bonds is 4. The molecule has 20 heavy (non-hydrogen) atoms. The van der Waals surface area contributed by atoms with Crippen LogP contribution in [0.5, 0.6) is 0 Å². The highest BCUT2D eigenvalue weighted by Crippen LogP contribution is 2.30. The normalized spacial score (nSPS) is 29.4. The Morgan fingerprint density at radius 1 is 1.50 bits per heavy atom. The van der Waals surface area contributed by atoms with E-state index in [0.29, 0.717) is 0 Å². The fourth-order valence-electron chi connectivity index (χ4n) is 1.86. The molecule has 1 aliphatic rings. The van der Waals surface area contributed by atoms with Crippen molar-refractivity contribution < 1.29 is 25.0 Å². The lowest BCUT2D eigenvalue weighted by Gasteiger charge is -2.17. The van der Waals surface area contributed by atoms with Gasteiger partial charge in [-0.2, -0.15) is 5.10 Å². The summed E-state index contributed by atoms with van der Waals surface area (Å²) in [6.07, 6.45) is -3.79. The Kier molecular flexibility index (Phi) is 3.94. The Labute approximate surface area is 112 Å². The highest BCUT2D eigenvalue weighted by Gasteiger charge is 2.43. The minimum absolute atomic E-state index is 0.114. The van der Waals surface area contributed by atoms with E-state index in [1.54, 1.807) is 0 Å². The standard InChI is InChI=1S/C9H13N5O6/c10-8-5(14(18)19)3(1-11-13-8)12-9-7(17)6(16)4(2-15)20-9/h1,4,6-7,9,15-17H,2H2,(H3,10,12,13). The molecule has 1 aromatic rings. The van der Waals surface area contributed by atoms with E-state index in [9.17, 15) is 20.3 Å². The summed E-state index contributed by atoms with van der Waals surface area (Å²) < 4.78 is 5.14. The molecule has 2 heterocycles.